The number of esters is 1. The zero-order valence-electron chi connectivity index (χ0n) is 17.0. The SMILES string of the molecule is CCN(CC)CC#CCC(O)(c1ccccc1)C1(C(=O)OC)CCCCC1. The summed E-state index contributed by atoms with van der Waals surface area (Å²) in [6, 6.07) is 9.51. The maximum Gasteiger partial charge on any atom is 0.315 e. The van der Waals surface area contributed by atoms with Crippen LogP contribution in [-0.2, 0) is 15.1 Å². The summed E-state index contributed by atoms with van der Waals surface area (Å²) < 4.78 is 5.18. The third kappa shape index (κ3) is 4.54. The van der Waals surface area contributed by atoms with Crippen molar-refractivity contribution < 1.29 is 14.6 Å². The van der Waals surface area contributed by atoms with E-state index in [1.165, 1.54) is 7.11 Å². The zero-order chi connectivity index (χ0) is 19.8. The van der Waals surface area contributed by atoms with E-state index in [9.17, 15) is 9.90 Å². The lowest BCUT2D eigenvalue weighted by atomic mass is 9.59. The average molecular weight is 372 g/mol. The van der Waals surface area contributed by atoms with Gasteiger partial charge in [-0.1, -0.05) is 75.3 Å². The molecule has 1 aromatic rings. The summed E-state index contributed by atoms with van der Waals surface area (Å²) >= 11 is 0. The van der Waals surface area contributed by atoms with E-state index in [-0.39, 0.29) is 12.4 Å². The molecular formula is C23H33NO3. The van der Waals surface area contributed by atoms with E-state index in [1.807, 2.05) is 30.3 Å². The van der Waals surface area contributed by atoms with Gasteiger partial charge in [0, 0.05) is 6.42 Å². The molecule has 1 unspecified atom stereocenters. The first-order valence-electron chi connectivity index (χ1n) is 10.1. The van der Waals surface area contributed by atoms with E-state index in [4.69, 9.17) is 4.74 Å². The molecule has 1 aliphatic rings. The van der Waals surface area contributed by atoms with Crippen LogP contribution in [0, 0.1) is 17.3 Å². The van der Waals surface area contributed by atoms with Gasteiger partial charge in [0.25, 0.3) is 0 Å². The first-order chi connectivity index (χ1) is 13.0. The van der Waals surface area contributed by atoms with Gasteiger partial charge in [-0.3, -0.25) is 9.69 Å². The van der Waals surface area contributed by atoms with Crippen LogP contribution in [0.25, 0.3) is 0 Å². The van der Waals surface area contributed by atoms with Gasteiger partial charge in [-0.05, 0) is 31.5 Å². The maximum absolute atomic E-state index is 12.9. The number of hydrogen-bond acceptors (Lipinski definition) is 4. The molecule has 1 saturated carbocycles. The monoisotopic (exact) mass is 371 g/mol. The molecule has 0 radical (unpaired) electrons. The molecule has 1 atom stereocenters. The molecule has 4 heteroatoms. The highest BCUT2D eigenvalue weighted by Crippen LogP contribution is 2.52. The second kappa shape index (κ2) is 9.92. The number of carbonyl (C=O) groups is 1. The molecule has 0 spiro atoms. The Balaban J connectivity index is 2.41. The molecule has 1 aromatic carbocycles. The summed E-state index contributed by atoms with van der Waals surface area (Å²) in [7, 11) is 1.41. The van der Waals surface area contributed by atoms with Crippen molar-refractivity contribution in [3.63, 3.8) is 0 Å². The third-order valence-corrected chi connectivity index (χ3v) is 5.99. The number of methoxy groups -OCH3 is 1. The summed E-state index contributed by atoms with van der Waals surface area (Å²) in [6.45, 7) is 6.78. The van der Waals surface area contributed by atoms with E-state index in [0.29, 0.717) is 19.4 Å². The number of benzene rings is 1. The topological polar surface area (TPSA) is 49.8 Å². The van der Waals surface area contributed by atoms with Crippen molar-refractivity contribution in [1.29, 1.82) is 0 Å². The lowest BCUT2D eigenvalue weighted by Crippen LogP contribution is -2.52. The molecule has 27 heavy (non-hydrogen) atoms. The van der Waals surface area contributed by atoms with Gasteiger partial charge in [0.1, 0.15) is 11.0 Å². The molecule has 1 N–H and O–H groups in total. The van der Waals surface area contributed by atoms with E-state index < -0.39 is 11.0 Å². The standard InChI is InChI=1S/C23H33NO3/c1-4-24(5-2)19-13-12-18-23(26,20-14-8-6-9-15-20)22(21(25)27-3)16-10-7-11-17-22/h6,8-9,14-15,26H,4-5,7,10-11,16-19H2,1-3H3. The second-order valence-electron chi connectivity index (χ2n) is 7.35. The molecule has 148 valence electrons. The molecule has 0 aliphatic heterocycles. The van der Waals surface area contributed by atoms with E-state index in [1.54, 1.807) is 0 Å². The minimum atomic E-state index is -1.35. The van der Waals surface area contributed by atoms with Gasteiger partial charge in [-0.15, -0.1) is 0 Å². The summed E-state index contributed by atoms with van der Waals surface area (Å²) in [5, 5.41) is 11.9. The quantitative estimate of drug-likeness (QED) is 0.586. The molecule has 0 amide bonds. The predicted molar refractivity (Wildman–Crippen MR) is 108 cm³/mol. The normalized spacial score (nSPS) is 18.3. The molecule has 1 fully saturated rings. The lowest BCUT2D eigenvalue weighted by molar-refractivity contribution is -0.181. The molecule has 0 heterocycles. The fourth-order valence-corrected chi connectivity index (χ4v) is 4.20. The molecule has 4 nitrogen and oxygen atoms in total. The summed E-state index contributed by atoms with van der Waals surface area (Å²) in [5.74, 6) is 6.04. The van der Waals surface area contributed by atoms with Crippen molar-refractivity contribution in [1.82, 2.24) is 4.90 Å². The summed E-state index contributed by atoms with van der Waals surface area (Å²) in [5.41, 5.74) is -1.54. The Morgan fingerprint density at radius 2 is 1.78 bits per heavy atom. The second-order valence-corrected chi connectivity index (χ2v) is 7.35. The smallest absolute Gasteiger partial charge is 0.315 e. The highest BCUT2D eigenvalue weighted by molar-refractivity contribution is 5.79. The third-order valence-electron chi connectivity index (χ3n) is 5.99. The Morgan fingerprint density at radius 3 is 2.33 bits per heavy atom. The molecular weight excluding hydrogens is 338 g/mol. The van der Waals surface area contributed by atoms with Crippen molar-refractivity contribution >= 4 is 5.97 Å². The van der Waals surface area contributed by atoms with Crippen molar-refractivity contribution in [3.05, 3.63) is 35.9 Å². The van der Waals surface area contributed by atoms with E-state index in [0.717, 1.165) is 37.9 Å². The first kappa shape index (κ1) is 21.5. The Kier molecular flexibility index (Phi) is 7.89. The van der Waals surface area contributed by atoms with E-state index >= 15 is 0 Å². The van der Waals surface area contributed by atoms with Crippen molar-refractivity contribution in [2.45, 2.75) is 58.0 Å². The van der Waals surface area contributed by atoms with Crippen LogP contribution in [0.15, 0.2) is 30.3 Å². The van der Waals surface area contributed by atoms with Crippen LogP contribution in [-0.4, -0.2) is 42.7 Å². The molecule has 0 bridgehead atoms. The number of hydrogen-bond donors (Lipinski definition) is 1. The lowest BCUT2D eigenvalue weighted by Gasteiger charge is -2.47. The molecule has 2 rings (SSSR count). The van der Waals surface area contributed by atoms with E-state index in [2.05, 4.69) is 30.6 Å². The van der Waals surface area contributed by atoms with Crippen LogP contribution in [0.5, 0.6) is 0 Å². The van der Waals surface area contributed by atoms with Crippen molar-refractivity contribution in [2.75, 3.05) is 26.7 Å². The minimum absolute atomic E-state index is 0.230. The highest BCUT2D eigenvalue weighted by atomic mass is 16.5. The summed E-state index contributed by atoms with van der Waals surface area (Å²) in [6.07, 6.45) is 4.39. The van der Waals surface area contributed by atoms with Crippen molar-refractivity contribution in [3.8, 4) is 11.8 Å². The fourth-order valence-electron chi connectivity index (χ4n) is 4.20. The summed E-state index contributed by atoms with van der Waals surface area (Å²) in [4.78, 5) is 15.1. The maximum atomic E-state index is 12.9. The number of ether oxygens (including phenoxy) is 1. The van der Waals surface area contributed by atoms with Gasteiger partial charge < -0.3 is 9.84 Å². The van der Waals surface area contributed by atoms with Gasteiger partial charge in [-0.2, -0.15) is 0 Å². The zero-order valence-corrected chi connectivity index (χ0v) is 17.0. The number of nitrogens with zero attached hydrogens (tertiary/aromatic N) is 1. The van der Waals surface area contributed by atoms with Crippen LogP contribution in [0.4, 0.5) is 0 Å². The van der Waals surface area contributed by atoms with Gasteiger partial charge >= 0.3 is 5.97 Å². The number of aliphatic hydroxyl groups is 1. The van der Waals surface area contributed by atoms with Crippen LogP contribution in [0.1, 0.15) is 57.9 Å². The van der Waals surface area contributed by atoms with Crippen LogP contribution in [0.2, 0.25) is 0 Å². The number of rotatable bonds is 7. The Morgan fingerprint density at radius 1 is 1.15 bits per heavy atom. The number of carbonyl (C=O) groups excluding carboxylic acids is 1. The average Bonchev–Trinajstić information content (AvgIpc) is 2.74. The minimum Gasteiger partial charge on any atom is -0.468 e. The van der Waals surface area contributed by atoms with Crippen molar-refractivity contribution in [2.24, 2.45) is 5.41 Å². The van der Waals surface area contributed by atoms with Gasteiger partial charge in [-0.25, -0.2) is 0 Å². The molecule has 0 aromatic heterocycles. The highest BCUT2D eigenvalue weighted by Gasteiger charge is 2.57. The van der Waals surface area contributed by atoms with Gasteiger partial charge in [0.05, 0.1) is 13.7 Å². The van der Waals surface area contributed by atoms with Crippen LogP contribution in [0.3, 0.4) is 0 Å². The first-order valence-corrected chi connectivity index (χ1v) is 10.1. The van der Waals surface area contributed by atoms with Gasteiger partial charge in [0.2, 0.25) is 0 Å². The Bertz CT molecular complexity index is 651. The van der Waals surface area contributed by atoms with Crippen LogP contribution < -0.4 is 0 Å². The van der Waals surface area contributed by atoms with Crippen LogP contribution >= 0.6 is 0 Å². The predicted octanol–water partition coefficient (Wildman–Crippen LogP) is 3.73. The largest absolute Gasteiger partial charge is 0.468 e. The molecule has 0 saturated heterocycles. The molecule has 1 aliphatic carbocycles. The Hall–Kier alpha value is -1.83. The fraction of sp³-hybridized carbons (Fsp3) is 0.609. The Labute approximate surface area is 163 Å². The van der Waals surface area contributed by atoms with Gasteiger partial charge in [0.15, 0.2) is 0 Å².